The van der Waals surface area contributed by atoms with Crippen molar-refractivity contribution in [3.63, 3.8) is 0 Å². The lowest BCUT2D eigenvalue weighted by atomic mass is 9.83. The van der Waals surface area contributed by atoms with Gasteiger partial charge in [-0.25, -0.2) is 9.78 Å². The van der Waals surface area contributed by atoms with Gasteiger partial charge in [-0.3, -0.25) is 9.59 Å². The minimum absolute atomic E-state index is 0.215. The number of carboxylic acids is 1. The molecule has 4 atom stereocenters. The van der Waals surface area contributed by atoms with Crippen LogP contribution in [0.3, 0.4) is 0 Å². The zero-order chi connectivity index (χ0) is 23.0. The van der Waals surface area contributed by atoms with Crippen LogP contribution >= 0.6 is 23.1 Å². The van der Waals surface area contributed by atoms with Crippen LogP contribution in [0, 0.1) is 5.92 Å². The van der Waals surface area contributed by atoms with Crippen molar-refractivity contribution in [3.05, 3.63) is 11.1 Å². The van der Waals surface area contributed by atoms with E-state index in [-0.39, 0.29) is 17.2 Å². The van der Waals surface area contributed by atoms with Gasteiger partial charge in [0.05, 0.1) is 11.6 Å². The van der Waals surface area contributed by atoms with E-state index in [1.54, 1.807) is 0 Å². The molecule has 4 rings (SSSR count). The van der Waals surface area contributed by atoms with E-state index in [0.29, 0.717) is 23.2 Å². The number of rotatable bonds is 6. The second-order valence-corrected chi connectivity index (χ2v) is 12.4. The van der Waals surface area contributed by atoms with Crippen LogP contribution < -0.4 is 11.1 Å². The summed E-state index contributed by atoms with van der Waals surface area (Å²) in [4.78, 5) is 43.8. The van der Waals surface area contributed by atoms with Gasteiger partial charge < -0.3 is 21.1 Å². The van der Waals surface area contributed by atoms with Crippen molar-refractivity contribution >= 4 is 46.0 Å². The number of nitrogen functional groups attached to an aromatic ring is 1. The number of β-lactam (4-membered cyclic amide) rings is 1. The summed E-state index contributed by atoms with van der Waals surface area (Å²) in [5.41, 5.74) is 6.52. The first kappa shape index (κ1) is 23.4. The average molecular weight is 481 g/mol. The van der Waals surface area contributed by atoms with Crippen molar-refractivity contribution < 1.29 is 19.5 Å². The van der Waals surface area contributed by atoms with Crippen molar-refractivity contribution in [2.24, 2.45) is 5.92 Å². The lowest BCUT2D eigenvalue weighted by Crippen LogP contribution is -2.70. The zero-order valence-corrected chi connectivity index (χ0v) is 20.2. The summed E-state index contributed by atoms with van der Waals surface area (Å²) in [6, 6.07) is -1.59. The number of nitrogens with zero attached hydrogens (tertiary/aromatic N) is 2. The number of anilines is 1. The summed E-state index contributed by atoms with van der Waals surface area (Å²) in [5.74, 6) is -1.56. The quantitative estimate of drug-likeness (QED) is 0.534. The van der Waals surface area contributed by atoms with E-state index in [9.17, 15) is 19.5 Å². The largest absolute Gasteiger partial charge is 0.480 e. The smallest absolute Gasteiger partial charge is 0.327 e. The van der Waals surface area contributed by atoms with Gasteiger partial charge in [0.1, 0.15) is 17.5 Å². The molecule has 8 nitrogen and oxygen atoms in total. The molecule has 10 heteroatoms. The van der Waals surface area contributed by atoms with Gasteiger partial charge in [-0.2, -0.15) is 0 Å². The van der Waals surface area contributed by atoms with Gasteiger partial charge >= 0.3 is 5.97 Å². The van der Waals surface area contributed by atoms with Gasteiger partial charge in [0.2, 0.25) is 11.8 Å². The molecule has 0 aromatic carbocycles. The molecule has 4 N–H and O–H groups in total. The molecule has 1 aliphatic carbocycles. The highest BCUT2D eigenvalue weighted by Crippen LogP contribution is 2.51. The van der Waals surface area contributed by atoms with Gasteiger partial charge in [0.15, 0.2) is 5.13 Å². The first-order chi connectivity index (χ1) is 15.2. The number of carboxylic acid groups (broad SMARTS) is 1. The number of aromatic nitrogens is 1. The van der Waals surface area contributed by atoms with E-state index in [4.69, 9.17) is 5.73 Å². The van der Waals surface area contributed by atoms with E-state index >= 15 is 0 Å². The number of amides is 2. The summed E-state index contributed by atoms with van der Waals surface area (Å²) >= 11 is 2.76. The summed E-state index contributed by atoms with van der Waals surface area (Å²) in [6.07, 6.45) is 9.02. The topological polar surface area (TPSA) is 126 Å². The van der Waals surface area contributed by atoms with Crippen LogP contribution in [0.25, 0.3) is 0 Å². The van der Waals surface area contributed by atoms with Crippen LogP contribution in [-0.2, 0) is 14.4 Å². The fourth-order valence-corrected chi connectivity index (χ4v) is 7.57. The van der Waals surface area contributed by atoms with E-state index < -0.39 is 28.7 Å². The van der Waals surface area contributed by atoms with Gasteiger partial charge in [-0.1, -0.05) is 44.9 Å². The fourth-order valence-electron chi connectivity index (χ4n) is 5.33. The number of carbonyl (C=O) groups is 3. The Morgan fingerprint density at radius 1 is 1.28 bits per heavy atom. The maximum atomic E-state index is 13.4. The molecule has 3 heterocycles. The Morgan fingerprint density at radius 2 is 1.94 bits per heavy atom. The molecule has 2 amide bonds. The Balaban J connectivity index is 1.48. The number of nitrogens with two attached hydrogens (primary N) is 1. The Bertz CT molecular complexity index is 881. The number of thiazole rings is 1. The molecule has 2 aliphatic heterocycles. The summed E-state index contributed by atoms with van der Waals surface area (Å²) < 4.78 is -0.618. The Labute approximate surface area is 196 Å². The molecule has 0 radical (unpaired) electrons. The molecule has 3 aliphatic rings. The molecule has 1 unspecified atom stereocenters. The zero-order valence-electron chi connectivity index (χ0n) is 18.6. The molecule has 1 aromatic rings. The molecule has 1 aromatic heterocycles. The molecular weight excluding hydrogens is 448 g/mol. The van der Waals surface area contributed by atoms with Gasteiger partial charge in [0, 0.05) is 10.1 Å². The predicted molar refractivity (Wildman–Crippen MR) is 125 cm³/mol. The lowest BCUT2D eigenvalue weighted by Gasteiger charge is -2.44. The highest BCUT2D eigenvalue weighted by atomic mass is 32.2. The Kier molecular flexibility index (Phi) is 6.72. The van der Waals surface area contributed by atoms with Gasteiger partial charge in [0.25, 0.3) is 0 Å². The number of hydrogen-bond acceptors (Lipinski definition) is 7. The van der Waals surface area contributed by atoms with Crippen LogP contribution in [-0.4, -0.2) is 55.0 Å². The van der Waals surface area contributed by atoms with E-state index in [1.807, 2.05) is 19.2 Å². The Morgan fingerprint density at radius 3 is 2.53 bits per heavy atom. The molecule has 2 saturated heterocycles. The average Bonchev–Trinajstić information content (AvgIpc) is 3.23. The SMILES string of the molecule is CC1(C)S[C@@H]2[C@H](NC(=O)C(CC3CCCCCCC3)c3csc(N)n3)C(=O)N2[C@H]1C(=O)O. The lowest BCUT2D eigenvalue weighted by molar-refractivity contribution is -0.161. The predicted octanol–water partition coefficient (Wildman–Crippen LogP) is 3.19. The molecule has 32 heavy (non-hydrogen) atoms. The Hall–Kier alpha value is -1.81. The number of thioether (sulfide) groups is 1. The van der Waals surface area contributed by atoms with Gasteiger partial charge in [-0.05, 0) is 26.2 Å². The maximum absolute atomic E-state index is 13.4. The van der Waals surface area contributed by atoms with Gasteiger partial charge in [-0.15, -0.1) is 23.1 Å². The number of carbonyl (C=O) groups excluding carboxylic acids is 2. The number of nitrogens with one attached hydrogen (secondary N) is 1. The molecule has 176 valence electrons. The van der Waals surface area contributed by atoms with E-state index in [0.717, 1.165) is 12.8 Å². The van der Waals surface area contributed by atoms with Crippen molar-refractivity contribution in [2.75, 3.05) is 5.73 Å². The van der Waals surface area contributed by atoms with E-state index in [2.05, 4.69) is 10.3 Å². The second-order valence-electron chi connectivity index (χ2n) is 9.69. The van der Waals surface area contributed by atoms with Crippen molar-refractivity contribution in [2.45, 2.75) is 93.3 Å². The van der Waals surface area contributed by atoms with E-state index in [1.165, 1.54) is 60.1 Å². The van der Waals surface area contributed by atoms with Crippen molar-refractivity contribution in [1.29, 1.82) is 0 Å². The first-order valence-corrected chi connectivity index (χ1v) is 13.2. The number of aliphatic carboxylic acids is 1. The van der Waals surface area contributed by atoms with Crippen LogP contribution in [0.2, 0.25) is 0 Å². The first-order valence-electron chi connectivity index (χ1n) is 11.4. The minimum atomic E-state index is -1.01. The van der Waals surface area contributed by atoms with Crippen molar-refractivity contribution in [3.8, 4) is 0 Å². The summed E-state index contributed by atoms with van der Waals surface area (Å²) in [7, 11) is 0. The third kappa shape index (κ3) is 4.48. The molecular formula is C22H32N4O4S2. The fraction of sp³-hybridized carbons (Fsp3) is 0.727. The minimum Gasteiger partial charge on any atom is -0.480 e. The monoisotopic (exact) mass is 480 g/mol. The number of fused-ring (bicyclic) bond motifs is 1. The molecule has 1 saturated carbocycles. The third-order valence-electron chi connectivity index (χ3n) is 6.98. The standard InChI is InChI=1S/C22H32N4O4S2/c1-22(2)16(20(29)30)26-18(28)15(19(26)32-22)25-17(27)13(14-11-31-21(23)24-14)10-12-8-6-4-3-5-7-9-12/h11-13,15-16,19H,3-10H2,1-2H3,(H2,23,24)(H,25,27)(H,29,30)/t13?,15-,16+,19-/m1/s1. The van der Waals surface area contributed by atoms with Crippen LogP contribution in [0.1, 0.15) is 76.8 Å². The van der Waals surface area contributed by atoms with Crippen LogP contribution in [0.4, 0.5) is 5.13 Å². The highest BCUT2D eigenvalue weighted by molar-refractivity contribution is 8.01. The maximum Gasteiger partial charge on any atom is 0.327 e. The summed E-state index contributed by atoms with van der Waals surface area (Å²) in [6.45, 7) is 3.66. The summed E-state index contributed by atoms with van der Waals surface area (Å²) in [5, 5.41) is 14.5. The molecule has 0 bridgehead atoms. The second kappa shape index (κ2) is 9.21. The molecule has 3 fully saturated rings. The van der Waals surface area contributed by atoms with Crippen molar-refractivity contribution in [1.82, 2.24) is 15.2 Å². The molecule has 0 spiro atoms. The van der Waals surface area contributed by atoms with Crippen LogP contribution in [0.15, 0.2) is 5.38 Å². The normalized spacial score (nSPS) is 28.9. The highest BCUT2D eigenvalue weighted by Gasteiger charge is 2.64. The van der Waals surface area contributed by atoms with Crippen LogP contribution in [0.5, 0.6) is 0 Å². The number of hydrogen-bond donors (Lipinski definition) is 3. The third-order valence-corrected chi connectivity index (χ3v) is 9.24.